The van der Waals surface area contributed by atoms with Gasteiger partial charge in [-0.1, -0.05) is 0 Å². The Balaban J connectivity index is 2.14. The lowest BCUT2D eigenvalue weighted by Crippen LogP contribution is -2.11. The quantitative estimate of drug-likeness (QED) is 0.898. The van der Waals surface area contributed by atoms with Crippen molar-refractivity contribution in [2.45, 2.75) is 6.92 Å². The zero-order chi connectivity index (χ0) is 13.8. The highest BCUT2D eigenvalue weighted by Crippen LogP contribution is 2.25. The molecule has 1 N–H and O–H groups in total. The van der Waals surface area contributed by atoms with E-state index < -0.39 is 5.82 Å². The van der Waals surface area contributed by atoms with Crippen molar-refractivity contribution >= 4 is 38.9 Å². The molecule has 0 aliphatic heterocycles. The number of rotatable bonds is 4. The number of thiophene rings is 1. The SMILES string of the molecule is CCOc1ccc(NC(=O)c2sccc2Br)cc1F. The van der Waals surface area contributed by atoms with Crippen LogP contribution in [0.4, 0.5) is 10.1 Å². The molecule has 6 heteroatoms. The molecule has 0 saturated heterocycles. The molecule has 2 aromatic rings. The summed E-state index contributed by atoms with van der Waals surface area (Å²) in [6, 6.07) is 6.13. The van der Waals surface area contributed by atoms with Crippen LogP contribution in [0.1, 0.15) is 16.6 Å². The van der Waals surface area contributed by atoms with Crippen molar-refractivity contribution in [1.29, 1.82) is 0 Å². The average Bonchev–Trinajstić information content (AvgIpc) is 2.79. The van der Waals surface area contributed by atoms with Gasteiger partial charge in [0.05, 0.1) is 6.61 Å². The summed E-state index contributed by atoms with van der Waals surface area (Å²) in [7, 11) is 0. The van der Waals surface area contributed by atoms with Crippen LogP contribution < -0.4 is 10.1 Å². The lowest BCUT2D eigenvalue weighted by atomic mass is 10.3. The van der Waals surface area contributed by atoms with Gasteiger partial charge in [0.25, 0.3) is 5.91 Å². The summed E-state index contributed by atoms with van der Waals surface area (Å²) in [5.74, 6) is -0.590. The molecule has 0 aliphatic carbocycles. The molecule has 0 bridgehead atoms. The van der Waals surface area contributed by atoms with Crippen molar-refractivity contribution in [3.63, 3.8) is 0 Å². The van der Waals surface area contributed by atoms with Gasteiger partial charge in [0.1, 0.15) is 4.88 Å². The van der Waals surface area contributed by atoms with Crippen molar-refractivity contribution in [2.75, 3.05) is 11.9 Å². The molecule has 0 radical (unpaired) electrons. The predicted octanol–water partition coefficient (Wildman–Crippen LogP) is 4.30. The molecule has 0 saturated carbocycles. The maximum absolute atomic E-state index is 13.6. The first-order valence-electron chi connectivity index (χ1n) is 5.58. The zero-order valence-corrected chi connectivity index (χ0v) is 12.5. The van der Waals surface area contributed by atoms with E-state index in [9.17, 15) is 9.18 Å². The molecule has 0 unspecified atom stereocenters. The summed E-state index contributed by atoms with van der Waals surface area (Å²) < 4.78 is 19.4. The van der Waals surface area contributed by atoms with E-state index in [4.69, 9.17) is 4.74 Å². The highest BCUT2D eigenvalue weighted by atomic mass is 79.9. The zero-order valence-electron chi connectivity index (χ0n) is 10.1. The van der Waals surface area contributed by atoms with Gasteiger partial charge in [0.15, 0.2) is 11.6 Å². The Hall–Kier alpha value is -1.40. The van der Waals surface area contributed by atoms with Crippen molar-refractivity contribution in [1.82, 2.24) is 0 Å². The van der Waals surface area contributed by atoms with Crippen LogP contribution in [0.2, 0.25) is 0 Å². The number of benzene rings is 1. The Bertz CT molecular complexity index is 600. The fourth-order valence-corrected chi connectivity index (χ4v) is 2.94. The molecule has 0 aliphatic rings. The molecule has 19 heavy (non-hydrogen) atoms. The van der Waals surface area contributed by atoms with Gasteiger partial charge in [-0.05, 0) is 46.4 Å². The molecule has 2 rings (SSSR count). The largest absolute Gasteiger partial charge is 0.491 e. The lowest BCUT2D eigenvalue weighted by molar-refractivity contribution is 0.103. The van der Waals surface area contributed by atoms with Gasteiger partial charge in [-0.2, -0.15) is 0 Å². The normalized spacial score (nSPS) is 10.3. The molecule has 1 heterocycles. The maximum Gasteiger partial charge on any atom is 0.266 e. The smallest absolute Gasteiger partial charge is 0.266 e. The Kier molecular flexibility index (Phi) is 4.55. The van der Waals surface area contributed by atoms with Gasteiger partial charge in [-0.25, -0.2) is 4.39 Å². The second-order valence-corrected chi connectivity index (χ2v) is 5.40. The maximum atomic E-state index is 13.6. The number of halogens is 2. The Morgan fingerprint density at radius 3 is 2.84 bits per heavy atom. The van der Waals surface area contributed by atoms with Crippen molar-refractivity contribution in [2.24, 2.45) is 0 Å². The third-order valence-corrected chi connectivity index (χ3v) is 4.15. The first kappa shape index (κ1) is 14.0. The molecular weight excluding hydrogens is 333 g/mol. The number of hydrogen-bond donors (Lipinski definition) is 1. The van der Waals surface area contributed by atoms with Crippen LogP contribution in [0, 0.1) is 5.82 Å². The second kappa shape index (κ2) is 6.16. The standard InChI is InChI=1S/C13H11BrFNO2S/c1-2-18-11-4-3-8(7-10(11)15)16-13(17)12-9(14)5-6-19-12/h3-7H,2H2,1H3,(H,16,17). The topological polar surface area (TPSA) is 38.3 Å². The van der Waals surface area contributed by atoms with E-state index in [1.807, 2.05) is 0 Å². The molecule has 1 aromatic heterocycles. The second-order valence-electron chi connectivity index (χ2n) is 3.63. The van der Waals surface area contributed by atoms with E-state index in [2.05, 4.69) is 21.2 Å². The number of carbonyl (C=O) groups excluding carboxylic acids is 1. The fraction of sp³-hybridized carbons (Fsp3) is 0.154. The van der Waals surface area contributed by atoms with Crippen LogP contribution in [-0.2, 0) is 0 Å². The molecule has 100 valence electrons. The van der Waals surface area contributed by atoms with Crippen LogP contribution in [0.25, 0.3) is 0 Å². The third kappa shape index (κ3) is 3.33. The van der Waals surface area contributed by atoms with Crippen LogP contribution in [0.3, 0.4) is 0 Å². The van der Waals surface area contributed by atoms with E-state index in [-0.39, 0.29) is 11.7 Å². The highest BCUT2D eigenvalue weighted by molar-refractivity contribution is 9.10. The minimum atomic E-state index is -0.495. The summed E-state index contributed by atoms with van der Waals surface area (Å²) in [5.41, 5.74) is 0.395. The van der Waals surface area contributed by atoms with Crippen LogP contribution in [0.5, 0.6) is 5.75 Å². The van der Waals surface area contributed by atoms with E-state index in [0.29, 0.717) is 17.2 Å². The molecule has 3 nitrogen and oxygen atoms in total. The fourth-order valence-electron chi connectivity index (χ4n) is 1.49. The van der Waals surface area contributed by atoms with E-state index in [1.54, 1.807) is 24.4 Å². The van der Waals surface area contributed by atoms with Gasteiger partial charge in [-0.3, -0.25) is 4.79 Å². The summed E-state index contributed by atoms with van der Waals surface area (Å²) in [6.45, 7) is 2.17. The van der Waals surface area contributed by atoms with Gasteiger partial charge in [0.2, 0.25) is 0 Å². The first-order chi connectivity index (χ1) is 9.11. The number of amides is 1. The average molecular weight is 344 g/mol. The monoisotopic (exact) mass is 343 g/mol. The van der Waals surface area contributed by atoms with Gasteiger partial charge >= 0.3 is 0 Å². The third-order valence-electron chi connectivity index (χ3n) is 2.31. The van der Waals surface area contributed by atoms with Crippen molar-refractivity contribution in [3.05, 3.63) is 44.8 Å². The summed E-state index contributed by atoms with van der Waals surface area (Å²) >= 11 is 4.60. The molecule has 0 spiro atoms. The molecule has 1 aromatic carbocycles. The summed E-state index contributed by atoms with van der Waals surface area (Å²) in [5, 5.41) is 4.44. The number of anilines is 1. The van der Waals surface area contributed by atoms with E-state index >= 15 is 0 Å². The molecular formula is C13H11BrFNO2S. The van der Waals surface area contributed by atoms with E-state index in [0.717, 1.165) is 4.47 Å². The number of carbonyl (C=O) groups is 1. The summed E-state index contributed by atoms with van der Waals surface area (Å²) in [6.07, 6.45) is 0. The van der Waals surface area contributed by atoms with Gasteiger partial charge in [0, 0.05) is 16.2 Å². The van der Waals surface area contributed by atoms with Crippen LogP contribution in [0.15, 0.2) is 34.1 Å². The Morgan fingerprint density at radius 1 is 1.47 bits per heavy atom. The molecule has 1 amide bonds. The number of ether oxygens (including phenoxy) is 1. The highest BCUT2D eigenvalue weighted by Gasteiger charge is 2.12. The summed E-state index contributed by atoms with van der Waals surface area (Å²) in [4.78, 5) is 12.5. The number of hydrogen-bond acceptors (Lipinski definition) is 3. The Labute approximate surface area is 122 Å². The number of nitrogens with one attached hydrogen (secondary N) is 1. The van der Waals surface area contributed by atoms with Crippen molar-refractivity contribution < 1.29 is 13.9 Å². The molecule has 0 atom stereocenters. The van der Waals surface area contributed by atoms with Gasteiger partial charge in [-0.15, -0.1) is 11.3 Å². The molecule has 0 fully saturated rings. The minimum absolute atomic E-state index is 0.179. The first-order valence-corrected chi connectivity index (χ1v) is 7.25. The predicted molar refractivity (Wildman–Crippen MR) is 77.5 cm³/mol. The van der Waals surface area contributed by atoms with Crippen molar-refractivity contribution in [3.8, 4) is 5.75 Å². The lowest BCUT2D eigenvalue weighted by Gasteiger charge is -2.08. The van der Waals surface area contributed by atoms with E-state index in [1.165, 1.54) is 23.5 Å². The van der Waals surface area contributed by atoms with Gasteiger partial charge < -0.3 is 10.1 Å². The van der Waals surface area contributed by atoms with Crippen LogP contribution >= 0.6 is 27.3 Å². The Morgan fingerprint density at radius 2 is 2.26 bits per heavy atom. The van der Waals surface area contributed by atoms with Crippen LogP contribution in [-0.4, -0.2) is 12.5 Å². The minimum Gasteiger partial charge on any atom is -0.491 e.